The molecule has 1 aromatic heterocycles. The molecule has 6 nitrogen and oxygen atoms in total. The number of rotatable bonds is 6. The van der Waals surface area contributed by atoms with E-state index in [9.17, 15) is 0 Å². The van der Waals surface area contributed by atoms with Crippen LogP contribution in [0.5, 0.6) is 5.88 Å². The SMILES string of the molecule is CN=C(NCc1ccc(OC)nc1)NCC1CCCOC1c1ccc(C)cc1.I. The average Bonchev–Trinajstić information content (AvgIpc) is 2.75. The summed E-state index contributed by atoms with van der Waals surface area (Å²) < 4.78 is 11.2. The number of benzene rings is 1. The number of ether oxygens (including phenoxy) is 2. The second kappa shape index (κ2) is 12.0. The van der Waals surface area contributed by atoms with Crippen molar-refractivity contribution in [2.24, 2.45) is 10.9 Å². The van der Waals surface area contributed by atoms with E-state index in [0.717, 1.165) is 37.5 Å². The highest BCUT2D eigenvalue weighted by molar-refractivity contribution is 14.0. The lowest BCUT2D eigenvalue weighted by Gasteiger charge is -2.32. The van der Waals surface area contributed by atoms with Crippen LogP contribution in [0.15, 0.2) is 47.6 Å². The van der Waals surface area contributed by atoms with Crippen LogP contribution < -0.4 is 15.4 Å². The molecular formula is C22H31IN4O2. The van der Waals surface area contributed by atoms with Gasteiger partial charge in [0, 0.05) is 44.9 Å². The van der Waals surface area contributed by atoms with E-state index in [1.165, 1.54) is 11.1 Å². The molecule has 0 saturated carbocycles. The highest BCUT2D eigenvalue weighted by Gasteiger charge is 2.27. The second-order valence-electron chi connectivity index (χ2n) is 7.12. The van der Waals surface area contributed by atoms with Gasteiger partial charge in [-0.15, -0.1) is 24.0 Å². The molecule has 1 saturated heterocycles. The van der Waals surface area contributed by atoms with Gasteiger partial charge in [-0.3, -0.25) is 4.99 Å². The van der Waals surface area contributed by atoms with Crippen molar-refractivity contribution in [1.29, 1.82) is 0 Å². The fourth-order valence-corrected chi connectivity index (χ4v) is 3.45. The lowest BCUT2D eigenvalue weighted by atomic mass is 9.89. The zero-order valence-corrected chi connectivity index (χ0v) is 19.7. The molecule has 2 unspecified atom stereocenters. The maximum absolute atomic E-state index is 6.11. The van der Waals surface area contributed by atoms with Crippen molar-refractivity contribution in [1.82, 2.24) is 15.6 Å². The molecule has 0 aliphatic carbocycles. The van der Waals surface area contributed by atoms with E-state index in [-0.39, 0.29) is 30.1 Å². The van der Waals surface area contributed by atoms with Gasteiger partial charge in [-0.2, -0.15) is 0 Å². The third kappa shape index (κ3) is 6.85. The number of nitrogens with zero attached hydrogens (tertiary/aromatic N) is 2. The van der Waals surface area contributed by atoms with Gasteiger partial charge < -0.3 is 20.1 Å². The number of guanidine groups is 1. The number of aliphatic imine (C=N–C) groups is 1. The van der Waals surface area contributed by atoms with Crippen LogP contribution in [0.3, 0.4) is 0 Å². The lowest BCUT2D eigenvalue weighted by molar-refractivity contribution is -0.0265. The Bertz CT molecular complexity index is 765. The Hall–Kier alpha value is -1.87. The molecule has 2 heterocycles. The smallest absolute Gasteiger partial charge is 0.212 e. The first-order chi connectivity index (χ1) is 13.7. The summed E-state index contributed by atoms with van der Waals surface area (Å²) in [5, 5.41) is 6.80. The second-order valence-corrected chi connectivity index (χ2v) is 7.12. The molecule has 29 heavy (non-hydrogen) atoms. The normalized spacial score (nSPS) is 19.2. The van der Waals surface area contributed by atoms with Gasteiger partial charge in [-0.1, -0.05) is 35.9 Å². The standard InChI is InChI=1S/C22H30N4O2.HI/c1-16-6-9-18(10-7-16)21-19(5-4-12-28-21)15-26-22(23-2)25-14-17-8-11-20(27-3)24-13-17;/h6-11,13,19,21H,4-5,12,14-15H2,1-3H3,(H2,23,25,26);1H. The summed E-state index contributed by atoms with van der Waals surface area (Å²) in [6.45, 7) is 4.41. The number of methoxy groups -OCH3 is 1. The number of nitrogens with one attached hydrogen (secondary N) is 2. The first kappa shape index (κ1) is 23.4. The Labute approximate surface area is 190 Å². The van der Waals surface area contributed by atoms with Crippen molar-refractivity contribution in [3.63, 3.8) is 0 Å². The van der Waals surface area contributed by atoms with Gasteiger partial charge in [0.1, 0.15) is 0 Å². The van der Waals surface area contributed by atoms with Gasteiger partial charge in [-0.25, -0.2) is 4.98 Å². The molecule has 158 valence electrons. The van der Waals surface area contributed by atoms with E-state index in [2.05, 4.69) is 51.8 Å². The minimum Gasteiger partial charge on any atom is -0.481 e. The molecule has 2 N–H and O–H groups in total. The van der Waals surface area contributed by atoms with E-state index < -0.39 is 0 Å². The molecule has 7 heteroatoms. The topological polar surface area (TPSA) is 67.8 Å². The molecule has 3 rings (SSSR count). The summed E-state index contributed by atoms with van der Waals surface area (Å²) in [5.74, 6) is 1.81. The fraction of sp³-hybridized carbons (Fsp3) is 0.455. The van der Waals surface area contributed by atoms with Crippen LogP contribution in [-0.2, 0) is 11.3 Å². The third-order valence-corrected chi connectivity index (χ3v) is 5.07. The molecule has 2 atom stereocenters. The van der Waals surface area contributed by atoms with Crippen molar-refractivity contribution in [2.45, 2.75) is 32.4 Å². The van der Waals surface area contributed by atoms with Crippen molar-refractivity contribution in [3.05, 3.63) is 59.3 Å². The Balaban J connectivity index is 0.00000300. The van der Waals surface area contributed by atoms with Crippen LogP contribution >= 0.6 is 24.0 Å². The Morgan fingerprint density at radius 2 is 2.00 bits per heavy atom. The van der Waals surface area contributed by atoms with Crippen molar-refractivity contribution in [2.75, 3.05) is 27.3 Å². The summed E-state index contributed by atoms with van der Waals surface area (Å²) >= 11 is 0. The maximum atomic E-state index is 6.11. The molecule has 1 aliphatic heterocycles. The summed E-state index contributed by atoms with van der Waals surface area (Å²) in [4.78, 5) is 8.57. The molecule has 0 radical (unpaired) electrons. The molecule has 0 spiro atoms. The molecule has 1 aromatic carbocycles. The van der Waals surface area contributed by atoms with Gasteiger partial charge >= 0.3 is 0 Å². The summed E-state index contributed by atoms with van der Waals surface area (Å²) in [6, 6.07) is 12.5. The van der Waals surface area contributed by atoms with Crippen molar-refractivity contribution in [3.8, 4) is 5.88 Å². The van der Waals surface area contributed by atoms with Crippen LogP contribution in [0.1, 0.15) is 35.6 Å². The molecular weight excluding hydrogens is 479 g/mol. The first-order valence-electron chi connectivity index (χ1n) is 9.81. The Morgan fingerprint density at radius 3 is 2.66 bits per heavy atom. The van der Waals surface area contributed by atoms with E-state index in [0.29, 0.717) is 18.3 Å². The predicted molar refractivity (Wildman–Crippen MR) is 127 cm³/mol. The van der Waals surface area contributed by atoms with E-state index >= 15 is 0 Å². The highest BCUT2D eigenvalue weighted by Crippen LogP contribution is 2.33. The van der Waals surface area contributed by atoms with E-state index in [1.807, 2.05) is 18.3 Å². The Kier molecular flexibility index (Phi) is 9.66. The van der Waals surface area contributed by atoms with Crippen molar-refractivity contribution >= 4 is 29.9 Å². The van der Waals surface area contributed by atoms with Gasteiger partial charge in [0.2, 0.25) is 5.88 Å². The van der Waals surface area contributed by atoms with Gasteiger partial charge in [-0.05, 0) is 30.9 Å². The van der Waals surface area contributed by atoms with Crippen LogP contribution in [-0.4, -0.2) is 38.3 Å². The minimum atomic E-state index is 0. The monoisotopic (exact) mass is 510 g/mol. The zero-order valence-electron chi connectivity index (χ0n) is 17.4. The fourth-order valence-electron chi connectivity index (χ4n) is 3.45. The van der Waals surface area contributed by atoms with Gasteiger partial charge in [0.25, 0.3) is 0 Å². The van der Waals surface area contributed by atoms with E-state index in [4.69, 9.17) is 9.47 Å². The number of aromatic nitrogens is 1. The Morgan fingerprint density at radius 1 is 1.21 bits per heavy atom. The summed E-state index contributed by atoms with van der Waals surface area (Å²) in [6.07, 6.45) is 4.18. The molecule has 0 bridgehead atoms. The quantitative estimate of drug-likeness (QED) is 0.351. The number of pyridine rings is 1. The van der Waals surface area contributed by atoms with Crippen LogP contribution in [0.4, 0.5) is 0 Å². The van der Waals surface area contributed by atoms with Crippen LogP contribution in [0, 0.1) is 12.8 Å². The third-order valence-electron chi connectivity index (χ3n) is 5.07. The number of halogens is 1. The molecule has 1 fully saturated rings. The lowest BCUT2D eigenvalue weighted by Crippen LogP contribution is -2.41. The largest absolute Gasteiger partial charge is 0.481 e. The molecule has 1 aliphatic rings. The van der Waals surface area contributed by atoms with Crippen LogP contribution in [0.2, 0.25) is 0 Å². The maximum Gasteiger partial charge on any atom is 0.212 e. The predicted octanol–water partition coefficient (Wildman–Crippen LogP) is 3.85. The first-order valence-corrected chi connectivity index (χ1v) is 9.81. The van der Waals surface area contributed by atoms with Gasteiger partial charge in [0.05, 0.1) is 13.2 Å². The van der Waals surface area contributed by atoms with Gasteiger partial charge in [0.15, 0.2) is 5.96 Å². The number of aryl methyl sites for hydroxylation is 1. The molecule has 2 aromatic rings. The molecule has 0 amide bonds. The average molecular weight is 510 g/mol. The number of hydrogen-bond acceptors (Lipinski definition) is 4. The summed E-state index contributed by atoms with van der Waals surface area (Å²) in [7, 11) is 3.40. The van der Waals surface area contributed by atoms with Crippen molar-refractivity contribution < 1.29 is 9.47 Å². The van der Waals surface area contributed by atoms with Crippen LogP contribution in [0.25, 0.3) is 0 Å². The summed E-state index contributed by atoms with van der Waals surface area (Å²) in [5.41, 5.74) is 3.60. The zero-order chi connectivity index (χ0) is 19.8. The highest BCUT2D eigenvalue weighted by atomic mass is 127. The van der Waals surface area contributed by atoms with E-state index in [1.54, 1.807) is 14.2 Å². The number of hydrogen-bond donors (Lipinski definition) is 2. The minimum absolute atomic E-state index is 0.